The molecule has 2 aromatic rings. The summed E-state index contributed by atoms with van der Waals surface area (Å²) in [5, 5.41) is 7.59. The minimum Gasteiger partial charge on any atom is -0.313 e. The fourth-order valence-corrected chi connectivity index (χ4v) is 3.03. The second kappa shape index (κ2) is 5.33. The van der Waals surface area contributed by atoms with Gasteiger partial charge in [0.05, 0.1) is 11.3 Å². The van der Waals surface area contributed by atoms with Crippen molar-refractivity contribution in [2.75, 3.05) is 18.5 Å². The van der Waals surface area contributed by atoms with Crippen molar-refractivity contribution in [3.63, 3.8) is 0 Å². The SMILES string of the molecule is CNC1CCN(C(=O)c2cn(C)nc2C)c2ccccc21. The molecule has 1 aliphatic heterocycles. The van der Waals surface area contributed by atoms with E-state index in [4.69, 9.17) is 0 Å². The number of para-hydroxylation sites is 1. The Morgan fingerprint density at radius 2 is 2.14 bits per heavy atom. The van der Waals surface area contributed by atoms with Gasteiger partial charge in [0.15, 0.2) is 0 Å². The first-order chi connectivity index (χ1) is 10.1. The molecule has 1 N–H and O–H groups in total. The number of nitrogens with one attached hydrogen (secondary N) is 1. The zero-order chi connectivity index (χ0) is 15.0. The third-order valence-corrected chi connectivity index (χ3v) is 4.08. The van der Waals surface area contributed by atoms with Crippen LogP contribution in [0.2, 0.25) is 0 Å². The second-order valence-corrected chi connectivity index (χ2v) is 5.45. The molecule has 0 fully saturated rings. The average molecular weight is 284 g/mol. The first-order valence-electron chi connectivity index (χ1n) is 7.20. The van der Waals surface area contributed by atoms with Crippen molar-refractivity contribution in [1.82, 2.24) is 15.1 Å². The molecule has 1 aliphatic rings. The van der Waals surface area contributed by atoms with Gasteiger partial charge in [0.1, 0.15) is 0 Å². The summed E-state index contributed by atoms with van der Waals surface area (Å²) in [6, 6.07) is 8.41. The summed E-state index contributed by atoms with van der Waals surface area (Å²) in [6.45, 7) is 2.59. The van der Waals surface area contributed by atoms with Gasteiger partial charge in [-0.1, -0.05) is 18.2 Å². The van der Waals surface area contributed by atoms with Gasteiger partial charge in [-0.15, -0.1) is 0 Å². The molecular weight excluding hydrogens is 264 g/mol. The Labute approximate surface area is 124 Å². The number of carbonyl (C=O) groups excluding carboxylic acids is 1. The van der Waals surface area contributed by atoms with Crippen molar-refractivity contribution >= 4 is 11.6 Å². The number of anilines is 1. The molecular formula is C16H20N4O. The van der Waals surface area contributed by atoms with Crippen LogP contribution in [-0.4, -0.2) is 29.3 Å². The highest BCUT2D eigenvalue weighted by atomic mass is 16.2. The lowest BCUT2D eigenvalue weighted by Gasteiger charge is -2.34. The minimum atomic E-state index is 0.0302. The number of aromatic nitrogens is 2. The molecule has 0 saturated heterocycles. The summed E-state index contributed by atoms with van der Waals surface area (Å²) in [6.07, 6.45) is 2.71. The summed E-state index contributed by atoms with van der Waals surface area (Å²) in [5.41, 5.74) is 3.63. The molecule has 1 atom stereocenters. The van der Waals surface area contributed by atoms with Crippen molar-refractivity contribution in [2.24, 2.45) is 7.05 Å². The average Bonchev–Trinajstić information content (AvgIpc) is 2.84. The molecule has 0 aliphatic carbocycles. The molecule has 0 radical (unpaired) electrons. The Hall–Kier alpha value is -2.14. The third kappa shape index (κ3) is 2.34. The maximum absolute atomic E-state index is 12.8. The van der Waals surface area contributed by atoms with Gasteiger partial charge in [-0.3, -0.25) is 9.48 Å². The van der Waals surface area contributed by atoms with Crippen LogP contribution in [-0.2, 0) is 7.05 Å². The zero-order valence-corrected chi connectivity index (χ0v) is 12.6. The molecule has 1 aromatic carbocycles. The van der Waals surface area contributed by atoms with Gasteiger partial charge in [0, 0.05) is 31.5 Å². The highest BCUT2D eigenvalue weighted by Gasteiger charge is 2.29. The van der Waals surface area contributed by atoms with Crippen molar-refractivity contribution in [3.05, 3.63) is 47.3 Å². The summed E-state index contributed by atoms with van der Waals surface area (Å²) >= 11 is 0. The number of rotatable bonds is 2. The van der Waals surface area contributed by atoms with Crippen molar-refractivity contribution in [3.8, 4) is 0 Å². The van der Waals surface area contributed by atoms with Crippen LogP contribution in [0.1, 0.15) is 34.1 Å². The standard InChI is InChI=1S/C16H20N4O/c1-11-13(10-19(3)18-11)16(21)20-9-8-14(17-2)12-6-4-5-7-15(12)20/h4-7,10,14,17H,8-9H2,1-3H3. The van der Waals surface area contributed by atoms with Gasteiger partial charge in [0.2, 0.25) is 0 Å². The second-order valence-electron chi connectivity index (χ2n) is 5.45. The molecule has 110 valence electrons. The van der Waals surface area contributed by atoms with Crippen LogP contribution in [0.25, 0.3) is 0 Å². The number of hydrogen-bond donors (Lipinski definition) is 1. The molecule has 1 aromatic heterocycles. The van der Waals surface area contributed by atoms with Crippen LogP contribution in [0.5, 0.6) is 0 Å². The Balaban J connectivity index is 2.00. The topological polar surface area (TPSA) is 50.2 Å². The minimum absolute atomic E-state index is 0.0302. The fourth-order valence-electron chi connectivity index (χ4n) is 3.03. The largest absolute Gasteiger partial charge is 0.313 e. The van der Waals surface area contributed by atoms with Gasteiger partial charge >= 0.3 is 0 Å². The zero-order valence-electron chi connectivity index (χ0n) is 12.6. The van der Waals surface area contributed by atoms with E-state index in [9.17, 15) is 4.79 Å². The van der Waals surface area contributed by atoms with Gasteiger partial charge < -0.3 is 10.2 Å². The quantitative estimate of drug-likeness (QED) is 0.918. The van der Waals surface area contributed by atoms with E-state index in [-0.39, 0.29) is 5.91 Å². The first kappa shape index (κ1) is 13.8. The normalized spacial score (nSPS) is 17.7. The molecule has 21 heavy (non-hydrogen) atoms. The van der Waals surface area contributed by atoms with E-state index in [2.05, 4.69) is 16.5 Å². The highest BCUT2D eigenvalue weighted by molar-refractivity contribution is 6.07. The lowest BCUT2D eigenvalue weighted by atomic mass is 9.96. The van der Waals surface area contributed by atoms with Crippen LogP contribution in [0.3, 0.4) is 0 Å². The Bertz CT molecular complexity index is 677. The molecule has 3 rings (SSSR count). The summed E-state index contributed by atoms with van der Waals surface area (Å²) in [5.74, 6) is 0.0302. The van der Waals surface area contributed by atoms with E-state index in [1.165, 1.54) is 5.56 Å². The van der Waals surface area contributed by atoms with Gasteiger partial charge in [-0.2, -0.15) is 5.10 Å². The molecule has 0 spiro atoms. The predicted octanol–water partition coefficient (Wildman–Crippen LogP) is 2.04. The Kier molecular flexibility index (Phi) is 3.51. The van der Waals surface area contributed by atoms with Crippen molar-refractivity contribution < 1.29 is 4.79 Å². The summed E-state index contributed by atoms with van der Waals surface area (Å²) in [4.78, 5) is 14.7. The van der Waals surface area contributed by atoms with Crippen LogP contribution >= 0.6 is 0 Å². The van der Waals surface area contributed by atoms with Gasteiger partial charge in [0.25, 0.3) is 5.91 Å². The van der Waals surface area contributed by atoms with E-state index >= 15 is 0 Å². The smallest absolute Gasteiger partial charge is 0.261 e. The highest BCUT2D eigenvalue weighted by Crippen LogP contribution is 2.34. The van der Waals surface area contributed by atoms with Crippen LogP contribution in [0.4, 0.5) is 5.69 Å². The van der Waals surface area contributed by atoms with E-state index in [1.807, 2.05) is 44.1 Å². The van der Waals surface area contributed by atoms with E-state index in [1.54, 1.807) is 10.9 Å². The van der Waals surface area contributed by atoms with Crippen LogP contribution < -0.4 is 10.2 Å². The van der Waals surface area contributed by atoms with E-state index in [0.29, 0.717) is 11.6 Å². The fraction of sp³-hybridized carbons (Fsp3) is 0.375. The third-order valence-electron chi connectivity index (χ3n) is 4.08. The predicted molar refractivity (Wildman–Crippen MR) is 82.5 cm³/mol. The van der Waals surface area contributed by atoms with E-state index in [0.717, 1.165) is 24.3 Å². The maximum Gasteiger partial charge on any atom is 0.261 e. The summed E-state index contributed by atoms with van der Waals surface area (Å²) < 4.78 is 1.69. The molecule has 0 bridgehead atoms. The number of aryl methyl sites for hydroxylation is 2. The number of fused-ring (bicyclic) bond motifs is 1. The Morgan fingerprint density at radius 1 is 1.38 bits per heavy atom. The van der Waals surface area contributed by atoms with Crippen LogP contribution in [0, 0.1) is 6.92 Å². The number of hydrogen-bond acceptors (Lipinski definition) is 3. The van der Waals surface area contributed by atoms with Crippen LogP contribution in [0.15, 0.2) is 30.5 Å². The lowest BCUT2D eigenvalue weighted by molar-refractivity contribution is 0.0983. The lowest BCUT2D eigenvalue weighted by Crippen LogP contribution is -2.39. The van der Waals surface area contributed by atoms with Crippen molar-refractivity contribution in [2.45, 2.75) is 19.4 Å². The Morgan fingerprint density at radius 3 is 2.81 bits per heavy atom. The number of nitrogens with zero attached hydrogens (tertiary/aromatic N) is 3. The molecule has 1 amide bonds. The van der Waals surface area contributed by atoms with Gasteiger partial charge in [-0.05, 0) is 32.0 Å². The van der Waals surface area contributed by atoms with Crippen molar-refractivity contribution in [1.29, 1.82) is 0 Å². The summed E-state index contributed by atoms with van der Waals surface area (Å²) in [7, 11) is 3.80. The molecule has 5 nitrogen and oxygen atoms in total. The molecule has 1 unspecified atom stereocenters. The number of benzene rings is 1. The molecule has 2 heterocycles. The van der Waals surface area contributed by atoms with Gasteiger partial charge in [-0.25, -0.2) is 0 Å². The molecule has 0 saturated carbocycles. The number of amides is 1. The monoisotopic (exact) mass is 284 g/mol. The molecule has 5 heteroatoms. The van der Waals surface area contributed by atoms with E-state index < -0.39 is 0 Å². The first-order valence-corrected chi connectivity index (χ1v) is 7.20. The maximum atomic E-state index is 12.8. The number of carbonyl (C=O) groups is 1.